The molecule has 3 rings (SSSR count). The van der Waals surface area contributed by atoms with Crippen molar-refractivity contribution in [3.8, 4) is 11.5 Å². The number of hydrogen-bond acceptors (Lipinski definition) is 4. The molecular weight excluding hydrogens is 282 g/mol. The predicted molar refractivity (Wildman–Crippen MR) is 86.5 cm³/mol. The maximum absolute atomic E-state index is 6.60. The monoisotopic (exact) mass is 303 g/mol. The van der Waals surface area contributed by atoms with E-state index in [0.717, 1.165) is 23.5 Å². The van der Waals surface area contributed by atoms with Gasteiger partial charge in [0.25, 0.3) is 0 Å². The lowest BCUT2D eigenvalue weighted by molar-refractivity contribution is 0.382. The van der Waals surface area contributed by atoms with Crippen LogP contribution in [0.3, 0.4) is 0 Å². The summed E-state index contributed by atoms with van der Waals surface area (Å²) in [6, 6.07) is 8.09. The summed E-state index contributed by atoms with van der Waals surface area (Å²) in [6.45, 7) is 0. The maximum atomic E-state index is 6.60. The summed E-state index contributed by atoms with van der Waals surface area (Å²) >= 11 is 1.85. The smallest absolute Gasteiger partial charge is 0.127 e. The van der Waals surface area contributed by atoms with Crippen molar-refractivity contribution in [1.29, 1.82) is 0 Å². The van der Waals surface area contributed by atoms with Crippen LogP contribution in [0, 0.1) is 0 Å². The van der Waals surface area contributed by atoms with Crippen molar-refractivity contribution in [2.75, 3.05) is 14.2 Å². The Labute approximate surface area is 129 Å². The normalized spacial score (nSPS) is 18.9. The van der Waals surface area contributed by atoms with Crippen LogP contribution in [0.15, 0.2) is 29.6 Å². The number of ether oxygens (including phenoxy) is 2. The Hall–Kier alpha value is -1.52. The number of methoxy groups -OCH3 is 2. The van der Waals surface area contributed by atoms with Crippen LogP contribution in [-0.4, -0.2) is 14.2 Å². The Morgan fingerprint density at radius 1 is 1.24 bits per heavy atom. The quantitative estimate of drug-likeness (QED) is 0.932. The summed E-state index contributed by atoms with van der Waals surface area (Å²) in [5.74, 6) is 1.98. The van der Waals surface area contributed by atoms with E-state index >= 15 is 0 Å². The van der Waals surface area contributed by atoms with Crippen molar-refractivity contribution in [3.05, 3.63) is 45.6 Å². The third-order valence-electron chi connectivity index (χ3n) is 4.33. The molecular formula is C17H21NO2S. The zero-order chi connectivity index (χ0) is 14.8. The van der Waals surface area contributed by atoms with Crippen molar-refractivity contribution in [2.24, 2.45) is 5.73 Å². The minimum Gasteiger partial charge on any atom is -0.497 e. The Kier molecular flexibility index (Phi) is 4.17. The molecule has 0 aliphatic heterocycles. The van der Waals surface area contributed by atoms with Gasteiger partial charge in [0.2, 0.25) is 0 Å². The summed E-state index contributed by atoms with van der Waals surface area (Å²) in [7, 11) is 3.34. The average Bonchev–Trinajstić information content (AvgIpc) is 3.02. The zero-order valence-corrected chi connectivity index (χ0v) is 13.3. The summed E-state index contributed by atoms with van der Waals surface area (Å²) in [5.41, 5.74) is 9.08. The molecule has 112 valence electrons. The van der Waals surface area contributed by atoms with Crippen molar-refractivity contribution in [2.45, 2.75) is 31.2 Å². The van der Waals surface area contributed by atoms with E-state index in [2.05, 4.69) is 11.4 Å². The van der Waals surface area contributed by atoms with E-state index in [1.165, 1.54) is 23.3 Å². The molecule has 0 saturated heterocycles. The molecule has 1 aromatic carbocycles. The molecule has 21 heavy (non-hydrogen) atoms. The van der Waals surface area contributed by atoms with Gasteiger partial charge < -0.3 is 15.2 Å². The minimum absolute atomic E-state index is 0.0421. The van der Waals surface area contributed by atoms with Gasteiger partial charge in [0.15, 0.2) is 0 Å². The summed E-state index contributed by atoms with van der Waals surface area (Å²) < 4.78 is 10.8. The molecule has 2 aromatic rings. The maximum Gasteiger partial charge on any atom is 0.127 e. The van der Waals surface area contributed by atoms with Gasteiger partial charge in [-0.2, -0.15) is 0 Å². The fraction of sp³-hybridized carbons (Fsp3) is 0.412. The Bertz CT molecular complexity index is 623. The molecule has 2 unspecified atom stereocenters. The van der Waals surface area contributed by atoms with Gasteiger partial charge >= 0.3 is 0 Å². The fourth-order valence-corrected chi connectivity index (χ4v) is 4.20. The van der Waals surface area contributed by atoms with Crippen LogP contribution in [-0.2, 0) is 6.42 Å². The second kappa shape index (κ2) is 6.08. The SMILES string of the molecule is COc1ccc(C(N)C2CCCc3sccc32)c(OC)c1. The molecule has 1 aromatic heterocycles. The molecule has 1 aliphatic rings. The van der Waals surface area contributed by atoms with Gasteiger partial charge in [0.1, 0.15) is 11.5 Å². The number of rotatable bonds is 4. The third kappa shape index (κ3) is 2.65. The molecule has 0 radical (unpaired) electrons. The first-order valence-electron chi connectivity index (χ1n) is 7.28. The number of thiophene rings is 1. The Balaban J connectivity index is 1.95. The van der Waals surface area contributed by atoms with Gasteiger partial charge in [0, 0.05) is 28.5 Å². The molecule has 0 spiro atoms. The van der Waals surface area contributed by atoms with Crippen LogP contribution in [0.1, 0.15) is 40.8 Å². The summed E-state index contributed by atoms with van der Waals surface area (Å²) in [5, 5.41) is 2.18. The van der Waals surface area contributed by atoms with E-state index < -0.39 is 0 Å². The first-order chi connectivity index (χ1) is 10.2. The molecule has 0 amide bonds. The second-order valence-electron chi connectivity index (χ2n) is 5.43. The van der Waals surface area contributed by atoms with Crippen molar-refractivity contribution in [3.63, 3.8) is 0 Å². The van der Waals surface area contributed by atoms with E-state index in [1.54, 1.807) is 14.2 Å². The fourth-order valence-electron chi connectivity index (χ4n) is 3.21. The van der Waals surface area contributed by atoms with Gasteiger partial charge in [-0.1, -0.05) is 6.07 Å². The molecule has 3 nitrogen and oxygen atoms in total. The lowest BCUT2D eigenvalue weighted by Gasteiger charge is -2.29. The topological polar surface area (TPSA) is 44.5 Å². The highest BCUT2D eigenvalue weighted by atomic mass is 32.1. The first-order valence-corrected chi connectivity index (χ1v) is 8.16. The molecule has 2 N–H and O–H groups in total. The van der Waals surface area contributed by atoms with Crippen LogP contribution in [0.25, 0.3) is 0 Å². The van der Waals surface area contributed by atoms with Gasteiger partial charge in [-0.25, -0.2) is 0 Å². The molecule has 1 aliphatic carbocycles. The molecule has 0 fully saturated rings. The third-order valence-corrected chi connectivity index (χ3v) is 5.33. The standard InChI is InChI=1S/C17H21NO2S/c1-19-11-6-7-14(15(10-11)20-2)17(18)13-4-3-5-16-12(13)8-9-21-16/h6-10,13,17H,3-5,18H2,1-2H3. The van der Waals surface area contributed by atoms with Crippen LogP contribution in [0.5, 0.6) is 11.5 Å². The van der Waals surface area contributed by atoms with Crippen molar-refractivity contribution < 1.29 is 9.47 Å². The van der Waals surface area contributed by atoms with E-state index in [-0.39, 0.29) is 6.04 Å². The van der Waals surface area contributed by atoms with E-state index in [4.69, 9.17) is 15.2 Å². The summed E-state index contributed by atoms with van der Waals surface area (Å²) in [4.78, 5) is 1.49. The highest BCUT2D eigenvalue weighted by molar-refractivity contribution is 7.10. The zero-order valence-electron chi connectivity index (χ0n) is 12.5. The largest absolute Gasteiger partial charge is 0.497 e. The van der Waals surface area contributed by atoms with Crippen LogP contribution < -0.4 is 15.2 Å². The highest BCUT2D eigenvalue weighted by Gasteiger charge is 2.29. The van der Waals surface area contributed by atoms with Crippen LogP contribution in [0.2, 0.25) is 0 Å². The van der Waals surface area contributed by atoms with Gasteiger partial charge in [0.05, 0.1) is 14.2 Å². The minimum atomic E-state index is -0.0421. The number of benzene rings is 1. The number of hydrogen-bond donors (Lipinski definition) is 1. The van der Waals surface area contributed by atoms with E-state index in [0.29, 0.717) is 5.92 Å². The molecule has 1 heterocycles. The van der Waals surface area contributed by atoms with Gasteiger partial charge in [-0.05, 0) is 42.3 Å². The molecule has 0 saturated carbocycles. The van der Waals surface area contributed by atoms with E-state index in [1.807, 2.05) is 29.5 Å². The molecule has 0 bridgehead atoms. The van der Waals surface area contributed by atoms with Crippen molar-refractivity contribution >= 4 is 11.3 Å². The Morgan fingerprint density at radius 3 is 2.86 bits per heavy atom. The highest BCUT2D eigenvalue weighted by Crippen LogP contribution is 2.43. The van der Waals surface area contributed by atoms with Gasteiger partial charge in [-0.15, -0.1) is 11.3 Å². The van der Waals surface area contributed by atoms with Gasteiger partial charge in [-0.3, -0.25) is 0 Å². The number of fused-ring (bicyclic) bond motifs is 1. The molecule has 2 atom stereocenters. The molecule has 4 heteroatoms. The lowest BCUT2D eigenvalue weighted by atomic mass is 9.80. The van der Waals surface area contributed by atoms with E-state index in [9.17, 15) is 0 Å². The number of nitrogens with two attached hydrogens (primary N) is 1. The Morgan fingerprint density at radius 2 is 2.10 bits per heavy atom. The number of aryl methyl sites for hydroxylation is 1. The van der Waals surface area contributed by atoms with Crippen molar-refractivity contribution in [1.82, 2.24) is 0 Å². The predicted octanol–water partition coefficient (Wildman–Crippen LogP) is 3.89. The lowest BCUT2D eigenvalue weighted by Crippen LogP contribution is -2.23. The second-order valence-corrected chi connectivity index (χ2v) is 6.43. The van der Waals surface area contributed by atoms with Crippen LogP contribution >= 0.6 is 11.3 Å². The average molecular weight is 303 g/mol. The van der Waals surface area contributed by atoms with Crippen LogP contribution in [0.4, 0.5) is 0 Å². The first kappa shape index (κ1) is 14.4. The summed E-state index contributed by atoms with van der Waals surface area (Å²) in [6.07, 6.45) is 3.54.